The van der Waals surface area contributed by atoms with Gasteiger partial charge in [-0.05, 0) is 18.8 Å². The molecule has 15 heavy (non-hydrogen) atoms. The molecule has 1 aliphatic heterocycles. The second-order valence-corrected chi connectivity index (χ2v) is 5.19. The first kappa shape index (κ1) is 12.5. The highest BCUT2D eigenvalue weighted by Gasteiger charge is 2.28. The maximum Gasteiger partial charge on any atom is 0.239 e. The van der Waals surface area contributed by atoms with Crippen LogP contribution in [0.5, 0.6) is 0 Å². The molecule has 88 valence electrons. The van der Waals surface area contributed by atoms with Crippen LogP contribution in [0, 0.1) is 5.92 Å². The van der Waals surface area contributed by atoms with Gasteiger partial charge in [-0.1, -0.05) is 27.7 Å². The van der Waals surface area contributed by atoms with Crippen LogP contribution in [0.25, 0.3) is 0 Å². The standard InChI is InChI=1S/C12H24N2O/c1-9(2)8-14-7-5-6-11(12(14)15)13-10(3)4/h9-11,13H,5-8H2,1-4H3. The summed E-state index contributed by atoms with van der Waals surface area (Å²) in [6.07, 6.45) is 2.12. The molecular formula is C12H24N2O. The fourth-order valence-electron chi connectivity index (χ4n) is 2.12. The van der Waals surface area contributed by atoms with E-state index in [-0.39, 0.29) is 6.04 Å². The Morgan fingerprint density at radius 1 is 1.40 bits per heavy atom. The topological polar surface area (TPSA) is 32.3 Å². The first-order valence-corrected chi connectivity index (χ1v) is 6.05. The Bertz CT molecular complexity index is 194. The van der Waals surface area contributed by atoms with Gasteiger partial charge in [0.25, 0.3) is 0 Å². The molecule has 1 fully saturated rings. The van der Waals surface area contributed by atoms with Crippen molar-refractivity contribution >= 4 is 5.91 Å². The lowest BCUT2D eigenvalue weighted by Crippen LogP contribution is -2.53. The summed E-state index contributed by atoms with van der Waals surface area (Å²) in [5.41, 5.74) is 0. The Labute approximate surface area is 93.2 Å². The van der Waals surface area contributed by atoms with Gasteiger partial charge in [0.05, 0.1) is 6.04 Å². The summed E-state index contributed by atoms with van der Waals surface area (Å²) in [5, 5.41) is 3.34. The van der Waals surface area contributed by atoms with Crippen LogP contribution in [0.1, 0.15) is 40.5 Å². The number of carbonyl (C=O) groups is 1. The van der Waals surface area contributed by atoms with E-state index < -0.39 is 0 Å². The normalized spacial score (nSPS) is 22.9. The zero-order valence-electron chi connectivity index (χ0n) is 10.4. The van der Waals surface area contributed by atoms with Crippen LogP contribution >= 0.6 is 0 Å². The zero-order chi connectivity index (χ0) is 11.4. The number of likely N-dealkylation sites (tertiary alicyclic amines) is 1. The van der Waals surface area contributed by atoms with Crippen LogP contribution in [-0.2, 0) is 4.79 Å². The quantitative estimate of drug-likeness (QED) is 0.768. The van der Waals surface area contributed by atoms with Crippen molar-refractivity contribution in [3.05, 3.63) is 0 Å². The largest absolute Gasteiger partial charge is 0.341 e. The second kappa shape index (κ2) is 5.50. The third kappa shape index (κ3) is 3.82. The van der Waals surface area contributed by atoms with E-state index in [0.717, 1.165) is 25.9 Å². The molecular weight excluding hydrogens is 188 g/mol. The molecule has 3 nitrogen and oxygen atoms in total. The van der Waals surface area contributed by atoms with Crippen molar-refractivity contribution in [3.8, 4) is 0 Å². The highest BCUT2D eigenvalue weighted by atomic mass is 16.2. The van der Waals surface area contributed by atoms with Crippen molar-refractivity contribution in [3.63, 3.8) is 0 Å². The van der Waals surface area contributed by atoms with E-state index in [1.807, 2.05) is 4.90 Å². The molecule has 0 bridgehead atoms. The van der Waals surface area contributed by atoms with E-state index in [4.69, 9.17) is 0 Å². The van der Waals surface area contributed by atoms with Crippen molar-refractivity contribution in [2.24, 2.45) is 5.92 Å². The Hall–Kier alpha value is -0.570. The van der Waals surface area contributed by atoms with Gasteiger partial charge >= 0.3 is 0 Å². The Balaban J connectivity index is 2.51. The summed E-state index contributed by atoms with van der Waals surface area (Å²) in [7, 11) is 0. The molecule has 0 spiro atoms. The molecule has 1 aliphatic rings. The molecule has 1 N–H and O–H groups in total. The van der Waals surface area contributed by atoms with Crippen LogP contribution in [0.3, 0.4) is 0 Å². The van der Waals surface area contributed by atoms with E-state index in [0.29, 0.717) is 17.9 Å². The van der Waals surface area contributed by atoms with Gasteiger partial charge in [-0.25, -0.2) is 0 Å². The lowest BCUT2D eigenvalue weighted by molar-refractivity contribution is -0.136. The fourth-order valence-corrected chi connectivity index (χ4v) is 2.12. The van der Waals surface area contributed by atoms with Crippen LogP contribution in [0.2, 0.25) is 0 Å². The zero-order valence-corrected chi connectivity index (χ0v) is 10.4. The molecule has 0 aromatic rings. The first-order chi connectivity index (χ1) is 7.00. The van der Waals surface area contributed by atoms with Crippen molar-refractivity contribution in [2.45, 2.75) is 52.6 Å². The molecule has 1 heterocycles. The van der Waals surface area contributed by atoms with Gasteiger partial charge in [-0.15, -0.1) is 0 Å². The maximum absolute atomic E-state index is 12.1. The first-order valence-electron chi connectivity index (χ1n) is 6.05. The van der Waals surface area contributed by atoms with Crippen LogP contribution in [-0.4, -0.2) is 36.0 Å². The highest BCUT2D eigenvalue weighted by Crippen LogP contribution is 2.13. The molecule has 1 rings (SSSR count). The van der Waals surface area contributed by atoms with Gasteiger partial charge in [0.2, 0.25) is 5.91 Å². The van der Waals surface area contributed by atoms with Crippen molar-refractivity contribution in [2.75, 3.05) is 13.1 Å². The van der Waals surface area contributed by atoms with E-state index in [2.05, 4.69) is 33.0 Å². The molecule has 1 unspecified atom stereocenters. The lowest BCUT2D eigenvalue weighted by atomic mass is 10.0. The fraction of sp³-hybridized carbons (Fsp3) is 0.917. The lowest BCUT2D eigenvalue weighted by Gasteiger charge is -2.34. The number of carbonyl (C=O) groups excluding carboxylic acids is 1. The highest BCUT2D eigenvalue weighted by molar-refractivity contribution is 5.82. The average molecular weight is 212 g/mol. The molecule has 1 atom stereocenters. The van der Waals surface area contributed by atoms with Gasteiger partial charge in [0.1, 0.15) is 0 Å². The van der Waals surface area contributed by atoms with Crippen molar-refractivity contribution < 1.29 is 4.79 Å². The summed E-state index contributed by atoms with van der Waals surface area (Å²) in [5.74, 6) is 0.857. The molecule has 0 radical (unpaired) electrons. The minimum Gasteiger partial charge on any atom is -0.341 e. The molecule has 0 aromatic carbocycles. The predicted octanol–water partition coefficient (Wildman–Crippen LogP) is 1.63. The number of nitrogens with zero attached hydrogens (tertiary/aromatic N) is 1. The minimum atomic E-state index is 0.0532. The molecule has 3 heteroatoms. The third-order valence-electron chi connectivity index (χ3n) is 2.65. The van der Waals surface area contributed by atoms with Crippen molar-refractivity contribution in [1.29, 1.82) is 0 Å². The van der Waals surface area contributed by atoms with E-state index >= 15 is 0 Å². The van der Waals surface area contributed by atoms with Gasteiger partial charge in [-0.3, -0.25) is 4.79 Å². The summed E-state index contributed by atoms with van der Waals surface area (Å²) < 4.78 is 0. The third-order valence-corrected chi connectivity index (χ3v) is 2.65. The smallest absolute Gasteiger partial charge is 0.239 e. The molecule has 0 aromatic heterocycles. The Kier molecular flexibility index (Phi) is 4.58. The minimum absolute atomic E-state index is 0.0532. The Morgan fingerprint density at radius 3 is 2.60 bits per heavy atom. The van der Waals surface area contributed by atoms with Gasteiger partial charge in [0.15, 0.2) is 0 Å². The number of amides is 1. The molecule has 0 aliphatic carbocycles. The summed E-state index contributed by atoms with van der Waals surface area (Å²) in [6, 6.07) is 0.440. The van der Waals surface area contributed by atoms with Gasteiger partial charge in [0, 0.05) is 19.1 Å². The molecule has 1 saturated heterocycles. The summed E-state index contributed by atoms with van der Waals surface area (Å²) in [4.78, 5) is 14.1. The Morgan fingerprint density at radius 2 is 2.07 bits per heavy atom. The molecule has 1 amide bonds. The second-order valence-electron chi connectivity index (χ2n) is 5.19. The number of rotatable bonds is 4. The van der Waals surface area contributed by atoms with Crippen LogP contribution in [0.4, 0.5) is 0 Å². The average Bonchev–Trinajstić information content (AvgIpc) is 2.10. The van der Waals surface area contributed by atoms with Gasteiger partial charge < -0.3 is 10.2 Å². The number of hydrogen-bond donors (Lipinski definition) is 1. The number of nitrogens with one attached hydrogen (secondary N) is 1. The van der Waals surface area contributed by atoms with E-state index in [1.54, 1.807) is 0 Å². The monoisotopic (exact) mass is 212 g/mol. The number of piperidine rings is 1. The SMILES string of the molecule is CC(C)CN1CCCC(NC(C)C)C1=O. The van der Waals surface area contributed by atoms with Crippen LogP contribution in [0.15, 0.2) is 0 Å². The summed E-state index contributed by atoms with van der Waals surface area (Å²) in [6.45, 7) is 10.3. The molecule has 0 saturated carbocycles. The summed E-state index contributed by atoms with van der Waals surface area (Å²) >= 11 is 0. The van der Waals surface area contributed by atoms with E-state index in [9.17, 15) is 4.79 Å². The van der Waals surface area contributed by atoms with E-state index in [1.165, 1.54) is 0 Å². The van der Waals surface area contributed by atoms with Crippen molar-refractivity contribution in [1.82, 2.24) is 10.2 Å². The van der Waals surface area contributed by atoms with Crippen LogP contribution < -0.4 is 5.32 Å². The maximum atomic E-state index is 12.1. The number of hydrogen-bond acceptors (Lipinski definition) is 2. The van der Waals surface area contributed by atoms with Gasteiger partial charge in [-0.2, -0.15) is 0 Å². The predicted molar refractivity (Wildman–Crippen MR) is 62.7 cm³/mol.